The first-order chi connectivity index (χ1) is 12.1. The third kappa shape index (κ3) is 3.13. The van der Waals surface area contributed by atoms with E-state index in [2.05, 4.69) is 15.6 Å². The van der Waals surface area contributed by atoms with E-state index in [4.69, 9.17) is 16.3 Å². The van der Waals surface area contributed by atoms with Crippen molar-refractivity contribution in [2.75, 3.05) is 25.5 Å². The van der Waals surface area contributed by atoms with E-state index < -0.39 is 5.54 Å². The van der Waals surface area contributed by atoms with Crippen molar-refractivity contribution in [3.8, 4) is 0 Å². The van der Waals surface area contributed by atoms with E-state index in [0.29, 0.717) is 17.1 Å². The van der Waals surface area contributed by atoms with Gasteiger partial charge in [0.25, 0.3) is 0 Å². The second-order valence-electron chi connectivity index (χ2n) is 5.68. The number of nitrogens with one attached hydrogen (secondary N) is 2. The topological polar surface area (TPSA) is 62.7 Å². The molecule has 0 radical (unpaired) electrons. The van der Waals surface area contributed by atoms with Gasteiger partial charge < -0.3 is 10.1 Å². The number of halogens is 1. The van der Waals surface area contributed by atoms with Gasteiger partial charge in [0.2, 0.25) is 0 Å². The number of nitrogens with zero attached hydrogens (tertiary/aromatic N) is 1. The van der Waals surface area contributed by atoms with E-state index in [-0.39, 0.29) is 12.6 Å². The first-order valence-corrected chi connectivity index (χ1v) is 8.50. The summed E-state index contributed by atoms with van der Waals surface area (Å²) < 4.78 is 5.45. The molecule has 2 aromatic carbocycles. The van der Waals surface area contributed by atoms with E-state index in [9.17, 15) is 4.79 Å². The molecule has 1 heterocycles. The maximum Gasteiger partial charge on any atom is 0.335 e. The predicted octanol–water partition coefficient (Wildman–Crippen LogP) is 3.19. The number of carbonyl (C=O) groups excluding carboxylic acids is 1. The maximum absolute atomic E-state index is 13.1. The summed E-state index contributed by atoms with van der Waals surface area (Å²) in [4.78, 5) is 17.4. The second kappa shape index (κ2) is 7.25. The van der Waals surface area contributed by atoms with Gasteiger partial charge in [-0.15, -0.1) is 0 Å². The maximum atomic E-state index is 13.1. The zero-order valence-corrected chi connectivity index (χ0v) is 14.9. The van der Waals surface area contributed by atoms with Crippen LogP contribution < -0.4 is 10.6 Å². The van der Waals surface area contributed by atoms with Gasteiger partial charge in [-0.2, -0.15) is 0 Å². The van der Waals surface area contributed by atoms with Gasteiger partial charge in [-0.25, -0.2) is 4.79 Å². The summed E-state index contributed by atoms with van der Waals surface area (Å²) in [5, 5.41) is 7.18. The molecule has 0 saturated carbocycles. The lowest BCUT2D eigenvalue weighted by Crippen LogP contribution is -2.51. The molecule has 25 heavy (non-hydrogen) atoms. The van der Waals surface area contributed by atoms with Crippen molar-refractivity contribution in [3.63, 3.8) is 0 Å². The number of rotatable bonds is 3. The Morgan fingerprint density at radius 2 is 2.04 bits per heavy atom. The van der Waals surface area contributed by atoms with Crippen LogP contribution in [0.3, 0.4) is 0 Å². The molecule has 1 atom stereocenters. The Hall–Kier alpha value is -2.37. The van der Waals surface area contributed by atoms with Gasteiger partial charge in [0.05, 0.1) is 13.2 Å². The lowest BCUT2D eigenvalue weighted by atomic mass is 9.82. The highest BCUT2D eigenvalue weighted by atomic mass is 35.5. The lowest BCUT2D eigenvalue weighted by Gasteiger charge is -2.33. The molecule has 130 valence electrons. The molecular weight excluding hydrogens is 338 g/mol. The van der Waals surface area contributed by atoms with Crippen LogP contribution >= 0.6 is 11.6 Å². The van der Waals surface area contributed by atoms with E-state index in [1.165, 1.54) is 0 Å². The van der Waals surface area contributed by atoms with Crippen LogP contribution in [-0.4, -0.2) is 32.0 Å². The van der Waals surface area contributed by atoms with E-state index in [1.54, 1.807) is 26.1 Å². The summed E-state index contributed by atoms with van der Waals surface area (Å²) in [7, 11) is 1.71. The van der Waals surface area contributed by atoms with Gasteiger partial charge in [-0.05, 0) is 30.7 Å². The Kier molecular flexibility index (Phi) is 5.06. The van der Waals surface area contributed by atoms with Crippen LogP contribution in [0.1, 0.15) is 18.1 Å². The van der Waals surface area contributed by atoms with Crippen molar-refractivity contribution in [1.29, 1.82) is 0 Å². The Balaban J connectivity index is 2.30. The van der Waals surface area contributed by atoms with Gasteiger partial charge in [-0.1, -0.05) is 41.9 Å². The summed E-state index contributed by atoms with van der Waals surface area (Å²) in [6.07, 6.45) is 0. The average Bonchev–Trinajstić information content (AvgIpc) is 2.80. The second-order valence-corrected chi connectivity index (χ2v) is 6.11. The minimum atomic E-state index is -1.17. The Morgan fingerprint density at radius 3 is 2.72 bits per heavy atom. The van der Waals surface area contributed by atoms with Crippen LogP contribution in [0.15, 0.2) is 53.5 Å². The summed E-state index contributed by atoms with van der Waals surface area (Å²) in [6.45, 7) is 2.47. The SMILES string of the molecule is CCOC(=O)C1(c2ccccc2)NCC(=NC)Nc2ccc(Cl)cc21. The molecule has 0 amide bonds. The minimum absolute atomic E-state index is 0.285. The average molecular weight is 358 g/mol. The fourth-order valence-electron chi connectivity index (χ4n) is 3.07. The third-order valence-electron chi connectivity index (χ3n) is 4.24. The molecule has 2 aromatic rings. The van der Waals surface area contributed by atoms with Crippen LogP contribution in [0.2, 0.25) is 5.02 Å². The van der Waals surface area contributed by atoms with Crippen molar-refractivity contribution in [1.82, 2.24) is 5.32 Å². The fraction of sp³-hybridized carbons (Fsp3) is 0.263. The van der Waals surface area contributed by atoms with Crippen LogP contribution in [-0.2, 0) is 15.1 Å². The Labute approximate surface area is 152 Å². The summed E-state index contributed by atoms with van der Waals surface area (Å²) in [6, 6.07) is 14.9. The standard InChI is InChI=1S/C19H20ClN3O2/c1-3-25-18(24)19(13-7-5-4-6-8-13)15-11-14(20)9-10-16(15)23-17(21-2)12-22-19/h4-11,22H,3,12H2,1-2H3,(H,21,23). The molecule has 6 heteroatoms. The van der Waals surface area contributed by atoms with Crippen LogP contribution in [0, 0.1) is 0 Å². The smallest absolute Gasteiger partial charge is 0.335 e. The molecule has 0 fully saturated rings. The quantitative estimate of drug-likeness (QED) is 0.828. The number of anilines is 1. The zero-order chi connectivity index (χ0) is 17.9. The van der Waals surface area contributed by atoms with Gasteiger partial charge in [0, 0.05) is 23.3 Å². The molecule has 0 bridgehead atoms. The van der Waals surface area contributed by atoms with Gasteiger partial charge in [0.1, 0.15) is 5.84 Å². The highest BCUT2D eigenvalue weighted by Gasteiger charge is 2.46. The van der Waals surface area contributed by atoms with Crippen molar-refractivity contribution in [2.45, 2.75) is 12.5 Å². The molecule has 5 nitrogen and oxygen atoms in total. The third-order valence-corrected chi connectivity index (χ3v) is 4.48. The van der Waals surface area contributed by atoms with Crippen molar-refractivity contribution >= 4 is 29.1 Å². The van der Waals surface area contributed by atoms with Crippen molar-refractivity contribution < 1.29 is 9.53 Å². The highest BCUT2D eigenvalue weighted by molar-refractivity contribution is 6.30. The number of ether oxygens (including phenoxy) is 1. The first-order valence-electron chi connectivity index (χ1n) is 8.12. The number of fused-ring (bicyclic) bond motifs is 1. The summed E-state index contributed by atoms with van der Waals surface area (Å²) >= 11 is 6.26. The molecule has 0 saturated heterocycles. The zero-order valence-electron chi connectivity index (χ0n) is 14.2. The number of aliphatic imine (C=N–C) groups is 1. The molecule has 3 rings (SSSR count). The number of carbonyl (C=O) groups is 1. The molecule has 0 aliphatic carbocycles. The molecule has 1 aliphatic heterocycles. The van der Waals surface area contributed by atoms with Gasteiger partial charge in [0.15, 0.2) is 5.54 Å². The number of esters is 1. The molecular formula is C19H20ClN3O2. The van der Waals surface area contributed by atoms with Crippen LogP contribution in [0.4, 0.5) is 5.69 Å². The van der Waals surface area contributed by atoms with Crippen molar-refractivity contribution in [3.05, 3.63) is 64.7 Å². The summed E-state index contributed by atoms with van der Waals surface area (Å²) in [5.74, 6) is 0.356. The molecule has 2 N–H and O–H groups in total. The number of hydrogen-bond donors (Lipinski definition) is 2. The molecule has 1 aliphatic rings. The predicted molar refractivity (Wildman–Crippen MR) is 100 cm³/mol. The van der Waals surface area contributed by atoms with E-state index in [0.717, 1.165) is 17.1 Å². The van der Waals surface area contributed by atoms with Gasteiger partial charge >= 0.3 is 5.97 Å². The largest absolute Gasteiger partial charge is 0.464 e. The number of hydrogen-bond acceptors (Lipinski definition) is 4. The Bertz CT molecular complexity index is 808. The lowest BCUT2D eigenvalue weighted by molar-refractivity contribution is -0.149. The number of amidine groups is 1. The Morgan fingerprint density at radius 1 is 1.28 bits per heavy atom. The molecule has 0 spiro atoms. The van der Waals surface area contributed by atoms with E-state index >= 15 is 0 Å². The minimum Gasteiger partial charge on any atom is -0.464 e. The number of benzene rings is 2. The van der Waals surface area contributed by atoms with Crippen molar-refractivity contribution in [2.24, 2.45) is 4.99 Å². The van der Waals surface area contributed by atoms with Crippen LogP contribution in [0.25, 0.3) is 0 Å². The molecule has 0 aromatic heterocycles. The highest BCUT2D eigenvalue weighted by Crippen LogP contribution is 2.38. The normalized spacial score (nSPS) is 21.2. The monoisotopic (exact) mass is 357 g/mol. The first kappa shape index (κ1) is 17.5. The summed E-state index contributed by atoms with van der Waals surface area (Å²) in [5.41, 5.74) is 1.10. The fourth-order valence-corrected chi connectivity index (χ4v) is 3.24. The van der Waals surface area contributed by atoms with Crippen LogP contribution in [0.5, 0.6) is 0 Å². The van der Waals surface area contributed by atoms with Gasteiger partial charge in [-0.3, -0.25) is 10.3 Å². The molecule has 1 unspecified atom stereocenters. The van der Waals surface area contributed by atoms with E-state index in [1.807, 2.05) is 36.4 Å².